The van der Waals surface area contributed by atoms with Crippen molar-refractivity contribution in [2.75, 3.05) is 7.11 Å². The van der Waals surface area contributed by atoms with Gasteiger partial charge in [0.25, 0.3) is 0 Å². The summed E-state index contributed by atoms with van der Waals surface area (Å²) < 4.78 is 10.5. The highest BCUT2D eigenvalue weighted by atomic mass is 16.5. The van der Waals surface area contributed by atoms with Gasteiger partial charge in [-0.1, -0.05) is 37.3 Å². The zero-order valence-corrected chi connectivity index (χ0v) is 13.1. The summed E-state index contributed by atoms with van der Waals surface area (Å²) in [6, 6.07) is 17.2. The van der Waals surface area contributed by atoms with Crippen LogP contribution in [0.25, 0.3) is 0 Å². The van der Waals surface area contributed by atoms with Gasteiger partial charge in [0.15, 0.2) is 0 Å². The average Bonchev–Trinajstić information content (AvgIpc) is 2.54. The van der Waals surface area contributed by atoms with Crippen LogP contribution in [0.5, 0.6) is 11.5 Å². The number of carbonyl (C=O) groups excluding carboxylic acids is 1. The fourth-order valence-electron chi connectivity index (χ4n) is 2.25. The minimum Gasteiger partial charge on any atom is -0.497 e. The van der Waals surface area contributed by atoms with Gasteiger partial charge in [-0.15, -0.1) is 0 Å². The average molecular weight is 298 g/mol. The Kier molecular flexibility index (Phi) is 6.01. The van der Waals surface area contributed by atoms with Crippen molar-refractivity contribution in [3.63, 3.8) is 0 Å². The van der Waals surface area contributed by atoms with Crippen molar-refractivity contribution in [3.05, 3.63) is 60.2 Å². The van der Waals surface area contributed by atoms with E-state index in [1.54, 1.807) is 19.2 Å². The van der Waals surface area contributed by atoms with Gasteiger partial charge in [0.1, 0.15) is 11.5 Å². The van der Waals surface area contributed by atoms with E-state index in [2.05, 4.69) is 19.1 Å². The summed E-state index contributed by atoms with van der Waals surface area (Å²) in [5.74, 6) is 1.59. The van der Waals surface area contributed by atoms with Crippen LogP contribution in [0.4, 0.5) is 0 Å². The normalized spacial score (nSPS) is 11.7. The second-order valence-electron chi connectivity index (χ2n) is 5.48. The van der Waals surface area contributed by atoms with Crippen molar-refractivity contribution in [1.29, 1.82) is 0 Å². The minimum absolute atomic E-state index is 0.173. The smallest absolute Gasteiger partial charge is 0.311 e. The molecule has 0 spiro atoms. The van der Waals surface area contributed by atoms with Crippen LogP contribution in [0, 0.1) is 5.92 Å². The molecule has 2 rings (SSSR count). The summed E-state index contributed by atoms with van der Waals surface area (Å²) in [6.45, 7) is 2.08. The van der Waals surface area contributed by atoms with Gasteiger partial charge in [-0.25, -0.2) is 0 Å². The predicted octanol–water partition coefficient (Wildman–Crippen LogP) is 4.26. The van der Waals surface area contributed by atoms with E-state index in [9.17, 15) is 4.79 Å². The molecular weight excluding hydrogens is 276 g/mol. The van der Waals surface area contributed by atoms with Crippen LogP contribution >= 0.6 is 0 Å². The molecule has 0 aliphatic carbocycles. The Morgan fingerprint density at radius 3 is 2.32 bits per heavy atom. The fraction of sp³-hybridized carbons (Fsp3) is 0.316. The molecule has 1 atom stereocenters. The molecule has 0 amide bonds. The highest BCUT2D eigenvalue weighted by Crippen LogP contribution is 2.17. The topological polar surface area (TPSA) is 35.5 Å². The molecule has 0 saturated carbocycles. The van der Waals surface area contributed by atoms with E-state index < -0.39 is 0 Å². The van der Waals surface area contributed by atoms with Crippen molar-refractivity contribution in [3.8, 4) is 11.5 Å². The maximum absolute atomic E-state index is 11.9. The van der Waals surface area contributed by atoms with Gasteiger partial charge in [-0.05, 0) is 48.6 Å². The lowest BCUT2D eigenvalue weighted by Crippen LogP contribution is -2.12. The highest BCUT2D eigenvalue weighted by Gasteiger charge is 2.11. The monoisotopic (exact) mass is 298 g/mol. The van der Waals surface area contributed by atoms with Crippen LogP contribution in [0.15, 0.2) is 54.6 Å². The summed E-state index contributed by atoms with van der Waals surface area (Å²) >= 11 is 0. The van der Waals surface area contributed by atoms with Crippen molar-refractivity contribution in [1.82, 2.24) is 0 Å². The van der Waals surface area contributed by atoms with Crippen molar-refractivity contribution in [2.45, 2.75) is 26.2 Å². The number of esters is 1. The summed E-state index contributed by atoms with van der Waals surface area (Å²) in [7, 11) is 1.66. The van der Waals surface area contributed by atoms with E-state index in [-0.39, 0.29) is 5.97 Å². The van der Waals surface area contributed by atoms with E-state index in [1.807, 2.05) is 30.3 Å². The molecule has 22 heavy (non-hydrogen) atoms. The third-order valence-corrected chi connectivity index (χ3v) is 3.57. The Morgan fingerprint density at radius 1 is 1.00 bits per heavy atom. The molecule has 116 valence electrons. The molecule has 0 fully saturated rings. The summed E-state index contributed by atoms with van der Waals surface area (Å²) in [5.41, 5.74) is 1.25. The summed E-state index contributed by atoms with van der Waals surface area (Å²) in [5, 5.41) is 0. The number of benzene rings is 2. The van der Waals surface area contributed by atoms with Gasteiger partial charge in [-0.2, -0.15) is 0 Å². The largest absolute Gasteiger partial charge is 0.497 e. The lowest BCUT2D eigenvalue weighted by molar-refractivity contribution is -0.135. The number of ether oxygens (including phenoxy) is 2. The van der Waals surface area contributed by atoms with Gasteiger partial charge >= 0.3 is 5.97 Å². The summed E-state index contributed by atoms with van der Waals surface area (Å²) in [4.78, 5) is 11.9. The molecule has 2 aromatic carbocycles. The van der Waals surface area contributed by atoms with Gasteiger partial charge in [0.2, 0.25) is 0 Å². The molecule has 0 aliphatic heterocycles. The molecule has 0 saturated heterocycles. The molecule has 0 aromatic heterocycles. The molecule has 0 N–H and O–H groups in total. The molecule has 3 nitrogen and oxygen atoms in total. The maximum Gasteiger partial charge on any atom is 0.311 e. The Hall–Kier alpha value is -2.29. The first kappa shape index (κ1) is 16.1. The first-order valence-electron chi connectivity index (χ1n) is 7.56. The van der Waals surface area contributed by atoms with E-state index in [0.717, 1.165) is 18.6 Å². The second kappa shape index (κ2) is 8.23. The summed E-state index contributed by atoms with van der Waals surface area (Å²) in [6.07, 6.45) is 2.34. The first-order chi connectivity index (χ1) is 10.7. The zero-order valence-electron chi connectivity index (χ0n) is 13.1. The predicted molar refractivity (Wildman–Crippen MR) is 87.2 cm³/mol. The minimum atomic E-state index is -0.173. The number of aryl methyl sites for hydroxylation is 1. The number of para-hydroxylation sites is 1. The molecular formula is C19H22O3. The highest BCUT2D eigenvalue weighted by molar-refractivity contribution is 5.72. The van der Waals surface area contributed by atoms with Crippen LogP contribution in [0.1, 0.15) is 25.3 Å². The first-order valence-corrected chi connectivity index (χ1v) is 7.56. The van der Waals surface area contributed by atoms with E-state index in [0.29, 0.717) is 18.1 Å². The van der Waals surface area contributed by atoms with Gasteiger partial charge in [0, 0.05) is 6.42 Å². The van der Waals surface area contributed by atoms with Crippen LogP contribution < -0.4 is 9.47 Å². The van der Waals surface area contributed by atoms with E-state index in [4.69, 9.17) is 9.47 Å². The molecule has 0 bridgehead atoms. The molecule has 3 heteroatoms. The van der Waals surface area contributed by atoms with Gasteiger partial charge in [0.05, 0.1) is 7.11 Å². The van der Waals surface area contributed by atoms with Crippen LogP contribution in [0.3, 0.4) is 0 Å². The Balaban J connectivity index is 1.74. The number of methoxy groups -OCH3 is 1. The lowest BCUT2D eigenvalue weighted by Gasteiger charge is -2.11. The molecule has 1 unspecified atom stereocenters. The number of hydrogen-bond donors (Lipinski definition) is 0. The Morgan fingerprint density at radius 2 is 1.68 bits per heavy atom. The quantitative estimate of drug-likeness (QED) is 0.566. The third-order valence-electron chi connectivity index (χ3n) is 3.57. The SMILES string of the molecule is COc1ccc(CCC(C)CC(=O)Oc2ccccc2)cc1. The Bertz CT molecular complexity index is 575. The number of rotatable bonds is 7. The molecule has 0 aliphatic rings. The van der Waals surface area contributed by atoms with Gasteiger partial charge in [-0.3, -0.25) is 4.79 Å². The second-order valence-corrected chi connectivity index (χ2v) is 5.48. The fourth-order valence-corrected chi connectivity index (χ4v) is 2.25. The van der Waals surface area contributed by atoms with Crippen molar-refractivity contribution < 1.29 is 14.3 Å². The number of hydrogen-bond acceptors (Lipinski definition) is 3. The van der Waals surface area contributed by atoms with Crippen molar-refractivity contribution in [2.24, 2.45) is 5.92 Å². The van der Waals surface area contributed by atoms with Crippen molar-refractivity contribution >= 4 is 5.97 Å². The third kappa shape index (κ3) is 5.24. The molecule has 0 radical (unpaired) electrons. The van der Waals surface area contributed by atoms with E-state index >= 15 is 0 Å². The molecule has 2 aromatic rings. The lowest BCUT2D eigenvalue weighted by atomic mass is 9.98. The maximum atomic E-state index is 11.9. The standard InChI is InChI=1S/C19H22O3/c1-15(8-9-16-10-12-17(21-2)13-11-16)14-19(20)22-18-6-4-3-5-7-18/h3-7,10-13,15H,8-9,14H2,1-2H3. The number of carbonyl (C=O) groups is 1. The van der Waals surface area contributed by atoms with Crippen LogP contribution in [-0.4, -0.2) is 13.1 Å². The van der Waals surface area contributed by atoms with Crippen LogP contribution in [0.2, 0.25) is 0 Å². The van der Waals surface area contributed by atoms with E-state index in [1.165, 1.54) is 5.56 Å². The Labute approximate surface area is 131 Å². The zero-order chi connectivity index (χ0) is 15.8. The van der Waals surface area contributed by atoms with Gasteiger partial charge < -0.3 is 9.47 Å². The van der Waals surface area contributed by atoms with Crippen LogP contribution in [-0.2, 0) is 11.2 Å². The molecule has 0 heterocycles.